The molecule has 0 aliphatic carbocycles. The topological polar surface area (TPSA) is 32.8 Å². The van der Waals surface area contributed by atoms with E-state index in [9.17, 15) is 0 Å². The van der Waals surface area contributed by atoms with Gasteiger partial charge in [0.05, 0.1) is 0 Å². The zero-order valence-electron chi connectivity index (χ0n) is 38.4. The fourth-order valence-electron chi connectivity index (χ4n) is 10.0. The molecule has 0 spiro atoms. The van der Waals surface area contributed by atoms with E-state index in [1.54, 1.807) is 0 Å². The Morgan fingerprint density at radius 3 is 0.969 bits per heavy atom. The van der Waals surface area contributed by atoms with Crippen molar-refractivity contribution in [1.82, 2.24) is 0 Å². The number of rotatable bonds is 6. The van der Waals surface area contributed by atoms with Crippen LogP contribution < -0.4 is 9.80 Å². The molecule has 2 aromatic heterocycles. The minimum absolute atomic E-state index is 0.799. The molecule has 0 aliphatic rings. The Labute approximate surface area is 375 Å². The lowest BCUT2D eigenvalue weighted by atomic mass is 9.96. The molecule has 0 unspecified atom stereocenters. The Morgan fingerprint density at radius 2 is 0.641 bits per heavy atom. The third kappa shape index (κ3) is 6.26. The number of hydrogen-bond donors (Lipinski definition) is 0. The number of fused-ring (bicyclic) bond motifs is 9. The molecular formula is C60H52N2O2. The van der Waals surface area contributed by atoms with Crippen molar-refractivity contribution in [3.8, 4) is 0 Å². The zero-order chi connectivity index (χ0) is 44.3. The zero-order valence-corrected chi connectivity index (χ0v) is 38.4. The molecule has 4 heteroatoms. The highest BCUT2D eigenvalue weighted by Crippen LogP contribution is 2.47. The van der Waals surface area contributed by atoms with E-state index >= 15 is 0 Å². The van der Waals surface area contributed by atoms with Gasteiger partial charge < -0.3 is 18.6 Å². The van der Waals surface area contributed by atoms with Crippen molar-refractivity contribution in [2.45, 2.75) is 69.2 Å². The predicted octanol–water partition coefficient (Wildman–Crippen LogP) is 17.8. The van der Waals surface area contributed by atoms with Crippen LogP contribution in [0.15, 0.2) is 142 Å². The minimum atomic E-state index is 0.799. The van der Waals surface area contributed by atoms with Crippen LogP contribution in [0.25, 0.3) is 65.4 Å². The van der Waals surface area contributed by atoms with Crippen LogP contribution in [0.2, 0.25) is 0 Å². The van der Waals surface area contributed by atoms with Gasteiger partial charge in [0, 0.05) is 55.7 Å². The highest BCUT2D eigenvalue weighted by molar-refractivity contribution is 6.24. The standard InChI is InChI=1S/C60H52N2O2/c1-33-11-15-37(5)51(23-33)61(52-24-34(2)12-16-38(52)6)47-21-19-43-29-49-55(31-45(43)27-47)63-59-57(49)41(9)42(10)58-50-30-44-20-22-48(28-46(44)32-56(50)64-60(58)59)62(53-25-35(3)13-17-39(53)7)54-26-36(4)14-18-40(54)8/h11-32H,1-10H3. The second-order valence-electron chi connectivity index (χ2n) is 18.5. The number of aryl methyl sites for hydroxylation is 10. The van der Waals surface area contributed by atoms with Gasteiger partial charge in [0.1, 0.15) is 11.2 Å². The van der Waals surface area contributed by atoms with Crippen molar-refractivity contribution in [3.05, 3.63) is 189 Å². The molecule has 314 valence electrons. The first kappa shape index (κ1) is 39.5. The van der Waals surface area contributed by atoms with E-state index in [1.807, 2.05) is 0 Å². The lowest BCUT2D eigenvalue weighted by molar-refractivity contribution is 0.633. The average molecular weight is 833 g/mol. The molecule has 2 heterocycles. The molecule has 0 saturated heterocycles. The summed E-state index contributed by atoms with van der Waals surface area (Å²) in [6.45, 7) is 21.9. The Balaban J connectivity index is 1.08. The van der Waals surface area contributed by atoms with Crippen LogP contribution in [-0.4, -0.2) is 0 Å². The number of anilines is 6. The molecule has 0 N–H and O–H groups in total. The Hall–Kier alpha value is -7.30. The molecule has 4 nitrogen and oxygen atoms in total. The number of hydrogen-bond acceptors (Lipinski definition) is 4. The second-order valence-corrected chi connectivity index (χ2v) is 18.5. The van der Waals surface area contributed by atoms with Gasteiger partial charge in [-0.3, -0.25) is 0 Å². The maximum atomic E-state index is 6.95. The smallest absolute Gasteiger partial charge is 0.178 e. The summed E-state index contributed by atoms with van der Waals surface area (Å²) < 4.78 is 13.9. The van der Waals surface area contributed by atoms with Gasteiger partial charge in [-0.2, -0.15) is 0 Å². The molecule has 0 bridgehead atoms. The molecule has 0 saturated carbocycles. The van der Waals surface area contributed by atoms with Crippen molar-refractivity contribution in [3.63, 3.8) is 0 Å². The first-order chi connectivity index (χ1) is 30.8. The van der Waals surface area contributed by atoms with Gasteiger partial charge in [0.2, 0.25) is 0 Å². The summed E-state index contributed by atoms with van der Waals surface area (Å²) in [4.78, 5) is 4.83. The summed E-state index contributed by atoms with van der Waals surface area (Å²) in [5, 5.41) is 9.01. The molecule has 0 amide bonds. The lowest BCUT2D eigenvalue weighted by Gasteiger charge is -2.29. The van der Waals surface area contributed by atoms with Crippen molar-refractivity contribution >= 4 is 99.5 Å². The van der Waals surface area contributed by atoms with Gasteiger partial charge in [-0.1, -0.05) is 60.7 Å². The van der Waals surface area contributed by atoms with E-state index in [1.165, 1.54) is 89.2 Å². The van der Waals surface area contributed by atoms with Gasteiger partial charge in [0.15, 0.2) is 11.2 Å². The first-order valence-electron chi connectivity index (χ1n) is 22.4. The number of benzene rings is 9. The maximum absolute atomic E-state index is 6.95. The lowest BCUT2D eigenvalue weighted by Crippen LogP contribution is -2.13. The largest absolute Gasteiger partial charge is 0.452 e. The van der Waals surface area contributed by atoms with E-state index in [0.717, 1.165) is 66.0 Å². The maximum Gasteiger partial charge on any atom is 0.178 e. The van der Waals surface area contributed by atoms with Crippen molar-refractivity contribution in [2.24, 2.45) is 0 Å². The van der Waals surface area contributed by atoms with Crippen LogP contribution >= 0.6 is 0 Å². The molecule has 0 fully saturated rings. The summed E-state index contributed by atoms with van der Waals surface area (Å²) in [7, 11) is 0. The normalized spacial score (nSPS) is 11.9. The monoisotopic (exact) mass is 832 g/mol. The summed E-state index contributed by atoms with van der Waals surface area (Å²) in [6, 6.07) is 49.5. The Bertz CT molecular complexity index is 3400. The van der Waals surface area contributed by atoms with Crippen molar-refractivity contribution in [2.75, 3.05) is 9.80 Å². The third-order valence-corrected chi connectivity index (χ3v) is 13.7. The van der Waals surface area contributed by atoms with E-state index < -0.39 is 0 Å². The van der Waals surface area contributed by atoms with E-state index in [-0.39, 0.29) is 0 Å². The quantitative estimate of drug-likeness (QED) is 0.167. The van der Waals surface area contributed by atoms with Gasteiger partial charge in [0.25, 0.3) is 0 Å². The average Bonchev–Trinajstić information content (AvgIpc) is 3.84. The van der Waals surface area contributed by atoms with Gasteiger partial charge in [-0.05, 0) is 219 Å². The molecule has 11 rings (SSSR count). The summed E-state index contributed by atoms with van der Waals surface area (Å²) in [5.41, 5.74) is 22.5. The number of furan rings is 2. The number of nitrogens with zero attached hydrogens (tertiary/aromatic N) is 2. The molecular weight excluding hydrogens is 781 g/mol. The molecule has 64 heavy (non-hydrogen) atoms. The molecule has 0 atom stereocenters. The minimum Gasteiger partial charge on any atom is -0.452 e. The molecule has 0 aliphatic heterocycles. The fourth-order valence-corrected chi connectivity index (χ4v) is 10.0. The van der Waals surface area contributed by atoms with Gasteiger partial charge in [-0.25, -0.2) is 0 Å². The van der Waals surface area contributed by atoms with Gasteiger partial charge in [-0.15, -0.1) is 0 Å². The predicted molar refractivity (Wildman–Crippen MR) is 273 cm³/mol. The highest BCUT2D eigenvalue weighted by atomic mass is 16.4. The molecule has 9 aromatic carbocycles. The third-order valence-electron chi connectivity index (χ3n) is 13.7. The summed E-state index contributed by atoms with van der Waals surface area (Å²) in [6.07, 6.45) is 0. The fraction of sp³-hybridized carbons (Fsp3) is 0.167. The van der Waals surface area contributed by atoms with Crippen LogP contribution in [0.3, 0.4) is 0 Å². The second kappa shape index (κ2) is 14.6. The van der Waals surface area contributed by atoms with Gasteiger partial charge >= 0.3 is 0 Å². The van der Waals surface area contributed by atoms with E-state index in [0.29, 0.717) is 0 Å². The van der Waals surface area contributed by atoms with Crippen LogP contribution in [0, 0.1) is 69.2 Å². The van der Waals surface area contributed by atoms with E-state index in [4.69, 9.17) is 8.83 Å². The SMILES string of the molecule is Cc1ccc(C)c(N(c2ccc3cc4c(cc3c2)oc2c3oc5cc6cc(N(c7cc(C)ccc7C)c7cc(C)ccc7C)ccc6cc5c3c(C)c(C)c42)c2cc(C)ccc2C)c1. The van der Waals surface area contributed by atoms with Crippen LogP contribution in [-0.2, 0) is 0 Å². The highest BCUT2D eigenvalue weighted by Gasteiger charge is 2.24. The van der Waals surface area contributed by atoms with Crippen LogP contribution in [0.4, 0.5) is 34.1 Å². The van der Waals surface area contributed by atoms with E-state index in [2.05, 4.69) is 212 Å². The summed E-state index contributed by atoms with van der Waals surface area (Å²) >= 11 is 0. The van der Waals surface area contributed by atoms with Crippen molar-refractivity contribution < 1.29 is 8.83 Å². The Kier molecular flexibility index (Phi) is 9.04. The molecule has 11 aromatic rings. The van der Waals surface area contributed by atoms with Crippen LogP contribution in [0.5, 0.6) is 0 Å². The summed E-state index contributed by atoms with van der Waals surface area (Å²) in [5.74, 6) is 0. The molecule has 0 radical (unpaired) electrons. The van der Waals surface area contributed by atoms with Crippen LogP contribution in [0.1, 0.15) is 55.6 Å². The van der Waals surface area contributed by atoms with Crippen molar-refractivity contribution in [1.29, 1.82) is 0 Å². The Morgan fingerprint density at radius 1 is 0.312 bits per heavy atom. The first-order valence-corrected chi connectivity index (χ1v) is 22.4.